The second kappa shape index (κ2) is 5.84. The Kier molecular flexibility index (Phi) is 4.40. The number of carbonyl (C=O) groups excluding carboxylic acids is 1. The van der Waals surface area contributed by atoms with Crippen LogP contribution in [0.25, 0.3) is 0 Å². The van der Waals surface area contributed by atoms with Crippen molar-refractivity contribution in [1.82, 2.24) is 4.98 Å². The average molecular weight is 285 g/mol. The highest BCUT2D eigenvalue weighted by Crippen LogP contribution is 2.33. The summed E-state index contributed by atoms with van der Waals surface area (Å²) >= 11 is 3.04. The van der Waals surface area contributed by atoms with Crippen LogP contribution in [0.15, 0.2) is 0 Å². The van der Waals surface area contributed by atoms with E-state index >= 15 is 0 Å². The number of hydrogen-bond donors (Lipinski definition) is 1. The number of thiazole rings is 1. The Morgan fingerprint density at radius 3 is 2.61 bits per heavy atom. The molecule has 0 radical (unpaired) electrons. The molecule has 0 atom stereocenters. The largest absolute Gasteiger partial charge is 0.476 e. The van der Waals surface area contributed by atoms with E-state index in [1.54, 1.807) is 0 Å². The molecule has 18 heavy (non-hydrogen) atoms. The molecule has 4 nitrogen and oxygen atoms in total. The maximum absolute atomic E-state index is 11.3. The molecule has 1 aliphatic carbocycles. The van der Waals surface area contributed by atoms with Gasteiger partial charge in [-0.25, -0.2) is 9.78 Å². The second-order valence-corrected chi connectivity index (χ2v) is 6.74. The third-order valence-electron chi connectivity index (χ3n) is 2.94. The molecule has 0 bridgehead atoms. The predicted molar refractivity (Wildman–Crippen MR) is 72.6 cm³/mol. The van der Waals surface area contributed by atoms with E-state index in [2.05, 4.69) is 4.98 Å². The molecule has 1 aromatic rings. The highest BCUT2D eigenvalue weighted by Gasteiger charge is 2.21. The van der Waals surface area contributed by atoms with Crippen LogP contribution in [0.4, 0.5) is 0 Å². The average Bonchev–Trinajstić information content (AvgIpc) is 2.95. The van der Waals surface area contributed by atoms with E-state index in [0.29, 0.717) is 11.0 Å². The molecule has 1 fully saturated rings. The number of carboxylic acid groups (broad SMARTS) is 1. The van der Waals surface area contributed by atoms with Crippen LogP contribution in [0, 0.1) is 0 Å². The van der Waals surface area contributed by atoms with Gasteiger partial charge in [-0.05, 0) is 12.8 Å². The SMILES string of the molecule is CC(=O)c1sc(CSC2CCCC2)nc1C(=O)O. The fourth-order valence-corrected chi connectivity index (χ4v) is 4.35. The van der Waals surface area contributed by atoms with Gasteiger partial charge >= 0.3 is 5.97 Å². The van der Waals surface area contributed by atoms with Gasteiger partial charge in [-0.3, -0.25) is 4.79 Å². The number of hydrogen-bond acceptors (Lipinski definition) is 5. The smallest absolute Gasteiger partial charge is 0.356 e. The fourth-order valence-electron chi connectivity index (χ4n) is 2.05. The maximum atomic E-state index is 11.3. The van der Waals surface area contributed by atoms with Crippen molar-refractivity contribution in [3.8, 4) is 0 Å². The first-order chi connectivity index (χ1) is 8.58. The summed E-state index contributed by atoms with van der Waals surface area (Å²) in [4.78, 5) is 26.7. The number of aromatic carboxylic acids is 1. The van der Waals surface area contributed by atoms with E-state index in [9.17, 15) is 9.59 Å². The summed E-state index contributed by atoms with van der Waals surface area (Å²) in [5.41, 5.74) is -0.0884. The van der Waals surface area contributed by atoms with E-state index in [1.807, 2.05) is 11.8 Å². The van der Waals surface area contributed by atoms with E-state index in [1.165, 1.54) is 43.9 Å². The van der Waals surface area contributed by atoms with Gasteiger partial charge in [-0.2, -0.15) is 11.8 Å². The number of aromatic nitrogens is 1. The van der Waals surface area contributed by atoms with Crippen LogP contribution in [0.1, 0.15) is 57.8 Å². The van der Waals surface area contributed by atoms with Gasteiger partial charge in [0.15, 0.2) is 11.5 Å². The summed E-state index contributed by atoms with van der Waals surface area (Å²) in [6.07, 6.45) is 5.05. The summed E-state index contributed by atoms with van der Waals surface area (Å²) in [6.45, 7) is 1.38. The third-order valence-corrected chi connectivity index (χ3v) is 5.66. The van der Waals surface area contributed by atoms with E-state index < -0.39 is 5.97 Å². The first-order valence-electron chi connectivity index (χ1n) is 5.93. The van der Waals surface area contributed by atoms with E-state index in [-0.39, 0.29) is 16.4 Å². The molecule has 0 aliphatic heterocycles. The van der Waals surface area contributed by atoms with Gasteiger partial charge in [0.2, 0.25) is 0 Å². The lowest BCUT2D eigenvalue weighted by molar-refractivity contribution is 0.0687. The lowest BCUT2D eigenvalue weighted by atomic mass is 10.3. The molecule has 1 aliphatic rings. The zero-order valence-electron chi connectivity index (χ0n) is 10.1. The molecular formula is C12H15NO3S2. The molecule has 0 amide bonds. The number of carbonyl (C=O) groups is 2. The summed E-state index contributed by atoms with van der Waals surface area (Å²) in [6, 6.07) is 0. The van der Waals surface area contributed by atoms with Gasteiger partial charge in [0.05, 0.1) is 0 Å². The van der Waals surface area contributed by atoms with Gasteiger partial charge in [0.1, 0.15) is 9.88 Å². The van der Waals surface area contributed by atoms with Crippen LogP contribution in [0.5, 0.6) is 0 Å². The van der Waals surface area contributed by atoms with Crippen molar-refractivity contribution >= 4 is 34.9 Å². The molecular weight excluding hydrogens is 270 g/mol. The number of thioether (sulfide) groups is 1. The highest BCUT2D eigenvalue weighted by atomic mass is 32.2. The minimum Gasteiger partial charge on any atom is -0.476 e. The molecule has 6 heteroatoms. The lowest BCUT2D eigenvalue weighted by Crippen LogP contribution is -2.03. The summed E-state index contributed by atoms with van der Waals surface area (Å²) in [5.74, 6) is -0.626. The van der Waals surface area contributed by atoms with Crippen molar-refractivity contribution in [1.29, 1.82) is 0 Å². The van der Waals surface area contributed by atoms with Crippen LogP contribution in [0.2, 0.25) is 0 Å². The normalized spacial score (nSPS) is 16.1. The van der Waals surface area contributed by atoms with E-state index in [0.717, 1.165) is 5.01 Å². The van der Waals surface area contributed by atoms with Crippen molar-refractivity contribution in [2.75, 3.05) is 0 Å². The number of carboxylic acids is 1. The van der Waals surface area contributed by atoms with Gasteiger partial charge in [0.25, 0.3) is 0 Å². The Morgan fingerprint density at radius 1 is 1.44 bits per heavy atom. The minimum atomic E-state index is -1.12. The zero-order chi connectivity index (χ0) is 13.1. The van der Waals surface area contributed by atoms with Crippen LogP contribution in [0.3, 0.4) is 0 Å². The Morgan fingerprint density at radius 2 is 2.11 bits per heavy atom. The number of nitrogens with zero attached hydrogens (tertiary/aromatic N) is 1. The summed E-state index contributed by atoms with van der Waals surface area (Å²) in [5, 5.41) is 10.4. The second-order valence-electron chi connectivity index (χ2n) is 4.36. The summed E-state index contributed by atoms with van der Waals surface area (Å²) in [7, 11) is 0. The Hall–Kier alpha value is -0.880. The molecule has 98 valence electrons. The zero-order valence-corrected chi connectivity index (χ0v) is 11.8. The Labute approximate surface area is 114 Å². The van der Waals surface area contributed by atoms with Crippen molar-refractivity contribution in [2.45, 2.75) is 43.6 Å². The Bertz CT molecular complexity index is 432. The first kappa shape index (κ1) is 13.5. The van der Waals surface area contributed by atoms with Gasteiger partial charge < -0.3 is 5.11 Å². The highest BCUT2D eigenvalue weighted by molar-refractivity contribution is 7.99. The van der Waals surface area contributed by atoms with Gasteiger partial charge in [-0.1, -0.05) is 12.8 Å². The van der Waals surface area contributed by atoms with Crippen molar-refractivity contribution in [3.63, 3.8) is 0 Å². The molecule has 0 unspecified atom stereocenters. The van der Waals surface area contributed by atoms with Crippen LogP contribution < -0.4 is 0 Å². The number of Topliss-reactive ketones (excluding diaryl/α,β-unsaturated/α-hetero) is 1. The molecule has 1 aromatic heterocycles. The van der Waals surface area contributed by atoms with E-state index in [4.69, 9.17) is 5.11 Å². The van der Waals surface area contributed by atoms with Crippen LogP contribution >= 0.6 is 23.1 Å². The molecule has 0 aromatic carbocycles. The molecule has 1 heterocycles. The summed E-state index contributed by atoms with van der Waals surface area (Å²) < 4.78 is 0. The number of ketones is 1. The van der Waals surface area contributed by atoms with Gasteiger partial charge in [0, 0.05) is 17.9 Å². The first-order valence-corrected chi connectivity index (χ1v) is 7.80. The molecule has 0 saturated heterocycles. The standard InChI is InChI=1S/C12H15NO3S2/c1-7(14)11-10(12(15)16)13-9(18-11)6-17-8-4-2-3-5-8/h8H,2-6H2,1H3,(H,15,16). The predicted octanol–water partition coefficient (Wildman–Crippen LogP) is 3.22. The molecule has 1 N–H and O–H groups in total. The van der Waals surface area contributed by atoms with Gasteiger partial charge in [-0.15, -0.1) is 11.3 Å². The van der Waals surface area contributed by atoms with Crippen LogP contribution in [-0.2, 0) is 5.75 Å². The molecule has 0 spiro atoms. The lowest BCUT2D eigenvalue weighted by Gasteiger charge is -2.05. The quantitative estimate of drug-likeness (QED) is 0.841. The Balaban J connectivity index is 2.06. The third kappa shape index (κ3) is 3.11. The molecule has 2 rings (SSSR count). The number of rotatable bonds is 5. The van der Waals surface area contributed by atoms with Crippen molar-refractivity contribution in [2.24, 2.45) is 0 Å². The topological polar surface area (TPSA) is 67.3 Å². The fraction of sp³-hybridized carbons (Fsp3) is 0.583. The van der Waals surface area contributed by atoms with Crippen molar-refractivity contribution < 1.29 is 14.7 Å². The monoisotopic (exact) mass is 285 g/mol. The minimum absolute atomic E-state index is 0.0884. The maximum Gasteiger partial charge on any atom is 0.356 e. The van der Waals surface area contributed by atoms with Crippen molar-refractivity contribution in [3.05, 3.63) is 15.6 Å². The molecule has 1 saturated carbocycles. The van der Waals surface area contributed by atoms with Crippen LogP contribution in [-0.4, -0.2) is 27.1 Å².